The highest BCUT2D eigenvalue weighted by Gasteiger charge is 2.12. The summed E-state index contributed by atoms with van der Waals surface area (Å²) in [4.78, 5) is 15.9. The minimum Gasteiger partial charge on any atom is -0.393 e. The number of halogens is 1. The first-order valence-electron chi connectivity index (χ1n) is 6.66. The van der Waals surface area contributed by atoms with Gasteiger partial charge in [-0.1, -0.05) is 18.5 Å². The summed E-state index contributed by atoms with van der Waals surface area (Å²) in [5.74, 6) is 0.202. The maximum atomic E-state index is 11.8. The molecule has 0 saturated heterocycles. The predicted molar refractivity (Wildman–Crippen MR) is 81.2 cm³/mol. The van der Waals surface area contributed by atoms with Crippen molar-refractivity contribution in [3.8, 4) is 0 Å². The van der Waals surface area contributed by atoms with E-state index in [9.17, 15) is 9.90 Å². The summed E-state index contributed by atoms with van der Waals surface area (Å²) in [5.41, 5.74) is 2.21. The van der Waals surface area contributed by atoms with E-state index in [-0.39, 0.29) is 23.2 Å². The quantitative estimate of drug-likeness (QED) is 0.732. The van der Waals surface area contributed by atoms with Crippen LogP contribution >= 0.6 is 11.6 Å². The molecular formula is C14H22ClN3O2. The van der Waals surface area contributed by atoms with Crippen molar-refractivity contribution in [2.45, 2.75) is 40.2 Å². The number of rotatable bonds is 5. The van der Waals surface area contributed by atoms with Gasteiger partial charge in [0.25, 0.3) is 0 Å². The maximum absolute atomic E-state index is 11.8. The van der Waals surface area contributed by atoms with Crippen molar-refractivity contribution in [1.82, 2.24) is 10.3 Å². The molecule has 20 heavy (non-hydrogen) atoms. The molecule has 3 N–H and O–H groups in total. The van der Waals surface area contributed by atoms with Gasteiger partial charge in [-0.05, 0) is 44.7 Å². The number of pyridine rings is 1. The third kappa shape index (κ3) is 5.35. The van der Waals surface area contributed by atoms with Crippen molar-refractivity contribution in [1.29, 1.82) is 0 Å². The Kier molecular flexibility index (Phi) is 6.23. The molecule has 5 nitrogen and oxygen atoms in total. The van der Waals surface area contributed by atoms with Gasteiger partial charge < -0.3 is 15.7 Å². The third-order valence-corrected chi connectivity index (χ3v) is 3.17. The topological polar surface area (TPSA) is 74.2 Å². The van der Waals surface area contributed by atoms with E-state index >= 15 is 0 Å². The zero-order valence-corrected chi connectivity index (χ0v) is 13.1. The number of nitrogens with zero attached hydrogens (tertiary/aromatic N) is 1. The van der Waals surface area contributed by atoms with E-state index in [1.165, 1.54) is 0 Å². The van der Waals surface area contributed by atoms with Crippen LogP contribution in [0.15, 0.2) is 6.07 Å². The molecule has 112 valence electrons. The van der Waals surface area contributed by atoms with Crippen LogP contribution in [0.1, 0.15) is 31.5 Å². The van der Waals surface area contributed by atoms with Crippen molar-refractivity contribution >= 4 is 23.3 Å². The number of amides is 2. The first kappa shape index (κ1) is 16.7. The highest BCUT2D eigenvalue weighted by atomic mass is 35.5. The monoisotopic (exact) mass is 299 g/mol. The Bertz CT molecular complexity index is 454. The number of carbonyl (C=O) groups excluding carboxylic acids is 1. The van der Waals surface area contributed by atoms with Gasteiger partial charge in [-0.2, -0.15) is 0 Å². The van der Waals surface area contributed by atoms with Crippen LogP contribution in [0.5, 0.6) is 0 Å². The first-order chi connectivity index (χ1) is 9.29. The molecule has 1 aromatic rings. The molecule has 0 aliphatic carbocycles. The molecule has 0 saturated carbocycles. The highest BCUT2D eigenvalue weighted by Crippen LogP contribution is 2.24. The summed E-state index contributed by atoms with van der Waals surface area (Å²) in [7, 11) is 0. The summed E-state index contributed by atoms with van der Waals surface area (Å²) in [5, 5.41) is 15.0. The van der Waals surface area contributed by atoms with E-state index < -0.39 is 0 Å². The molecule has 0 fully saturated rings. The summed E-state index contributed by atoms with van der Waals surface area (Å²) in [6.07, 6.45) is 0.277. The van der Waals surface area contributed by atoms with E-state index in [0.29, 0.717) is 18.7 Å². The van der Waals surface area contributed by atoms with Crippen LogP contribution in [0.3, 0.4) is 0 Å². The standard InChI is InChI=1S/C14H22ClN3O2/c1-8(5-11(4)19)7-16-14(20)18-12-9(2)6-10(3)17-13(12)15/h6,8,11,19H,5,7H2,1-4H3,(H2,16,18,20). The Morgan fingerprint density at radius 1 is 1.45 bits per heavy atom. The molecule has 1 aromatic heterocycles. The molecule has 0 aliphatic heterocycles. The number of hydrogen-bond donors (Lipinski definition) is 3. The lowest BCUT2D eigenvalue weighted by Crippen LogP contribution is -2.33. The lowest BCUT2D eigenvalue weighted by atomic mass is 10.1. The molecule has 6 heteroatoms. The summed E-state index contributed by atoms with van der Waals surface area (Å²) >= 11 is 6.02. The fourth-order valence-electron chi connectivity index (χ4n) is 2.03. The smallest absolute Gasteiger partial charge is 0.319 e. The molecule has 2 atom stereocenters. The molecule has 2 unspecified atom stereocenters. The number of hydrogen-bond acceptors (Lipinski definition) is 3. The van der Waals surface area contributed by atoms with Gasteiger partial charge in [0.1, 0.15) is 0 Å². The normalized spacial score (nSPS) is 13.7. The van der Waals surface area contributed by atoms with Crippen molar-refractivity contribution in [2.24, 2.45) is 5.92 Å². The zero-order chi connectivity index (χ0) is 15.3. The van der Waals surface area contributed by atoms with Gasteiger partial charge in [-0.25, -0.2) is 9.78 Å². The number of anilines is 1. The van der Waals surface area contributed by atoms with Crippen molar-refractivity contribution in [2.75, 3.05) is 11.9 Å². The number of urea groups is 1. The van der Waals surface area contributed by atoms with E-state index in [0.717, 1.165) is 11.3 Å². The fraction of sp³-hybridized carbons (Fsp3) is 0.571. The first-order valence-corrected chi connectivity index (χ1v) is 7.04. The van der Waals surface area contributed by atoms with Gasteiger partial charge in [0.05, 0.1) is 11.8 Å². The van der Waals surface area contributed by atoms with Crippen LogP contribution < -0.4 is 10.6 Å². The molecule has 2 amide bonds. The number of carbonyl (C=O) groups is 1. The second-order valence-corrected chi connectivity index (χ2v) is 5.63. The minimum absolute atomic E-state index is 0.202. The molecule has 0 radical (unpaired) electrons. The molecule has 1 heterocycles. The highest BCUT2D eigenvalue weighted by molar-refractivity contribution is 6.32. The van der Waals surface area contributed by atoms with Crippen molar-refractivity contribution < 1.29 is 9.90 Å². The van der Waals surface area contributed by atoms with Crippen LogP contribution in [-0.2, 0) is 0 Å². The Hall–Kier alpha value is -1.33. The third-order valence-electron chi connectivity index (χ3n) is 2.89. The molecule has 1 rings (SSSR count). The van der Waals surface area contributed by atoms with Crippen molar-refractivity contribution in [3.63, 3.8) is 0 Å². The zero-order valence-electron chi connectivity index (χ0n) is 12.3. The van der Waals surface area contributed by atoms with E-state index in [4.69, 9.17) is 11.6 Å². The maximum Gasteiger partial charge on any atom is 0.319 e. The molecule has 0 bridgehead atoms. The van der Waals surface area contributed by atoms with Gasteiger partial charge in [-0.3, -0.25) is 0 Å². The van der Waals surface area contributed by atoms with Crippen LogP contribution in [0, 0.1) is 19.8 Å². The second kappa shape index (κ2) is 7.45. The van der Waals surface area contributed by atoms with E-state index in [2.05, 4.69) is 15.6 Å². The summed E-state index contributed by atoms with van der Waals surface area (Å²) in [6, 6.07) is 1.54. The van der Waals surface area contributed by atoms with Gasteiger partial charge in [-0.15, -0.1) is 0 Å². The number of nitrogens with one attached hydrogen (secondary N) is 2. The van der Waals surface area contributed by atoms with Gasteiger partial charge in [0.2, 0.25) is 0 Å². The van der Waals surface area contributed by atoms with Crippen LogP contribution in [0.25, 0.3) is 0 Å². The largest absolute Gasteiger partial charge is 0.393 e. The van der Waals surface area contributed by atoms with E-state index in [1.807, 2.05) is 26.8 Å². The van der Waals surface area contributed by atoms with Crippen LogP contribution in [0.2, 0.25) is 5.15 Å². The average Bonchev–Trinajstić information content (AvgIpc) is 2.30. The Labute approximate surface area is 124 Å². The van der Waals surface area contributed by atoms with E-state index in [1.54, 1.807) is 6.92 Å². The lowest BCUT2D eigenvalue weighted by Gasteiger charge is -2.15. The molecule has 0 spiro atoms. The molecular weight excluding hydrogens is 278 g/mol. The van der Waals surface area contributed by atoms with Gasteiger partial charge in [0.15, 0.2) is 5.15 Å². The average molecular weight is 300 g/mol. The molecule has 0 aromatic carbocycles. The fourth-order valence-corrected chi connectivity index (χ4v) is 2.36. The Morgan fingerprint density at radius 2 is 2.10 bits per heavy atom. The Morgan fingerprint density at radius 3 is 2.65 bits per heavy atom. The predicted octanol–water partition coefficient (Wildman–Crippen LogP) is 2.88. The van der Waals surface area contributed by atoms with Gasteiger partial charge >= 0.3 is 6.03 Å². The molecule has 0 aliphatic rings. The Balaban J connectivity index is 2.55. The summed E-state index contributed by atoms with van der Waals surface area (Å²) < 4.78 is 0. The number of aliphatic hydroxyl groups is 1. The second-order valence-electron chi connectivity index (χ2n) is 5.27. The van der Waals surface area contributed by atoms with Crippen molar-refractivity contribution in [3.05, 3.63) is 22.5 Å². The SMILES string of the molecule is Cc1cc(C)c(NC(=O)NCC(C)CC(C)O)c(Cl)n1. The minimum atomic E-state index is -0.368. The number of aromatic nitrogens is 1. The van der Waals surface area contributed by atoms with Gasteiger partial charge in [0, 0.05) is 12.2 Å². The van der Waals surface area contributed by atoms with Crippen LogP contribution in [0.4, 0.5) is 10.5 Å². The van der Waals surface area contributed by atoms with Crippen LogP contribution in [-0.4, -0.2) is 28.8 Å². The lowest BCUT2D eigenvalue weighted by molar-refractivity contribution is 0.163. The number of aryl methyl sites for hydroxylation is 2. The number of aliphatic hydroxyl groups excluding tert-OH is 1. The summed E-state index contributed by atoms with van der Waals surface area (Å²) in [6.45, 7) is 7.91.